The van der Waals surface area contributed by atoms with E-state index >= 15 is 0 Å². The van der Waals surface area contributed by atoms with E-state index in [1.807, 2.05) is 78.2 Å². The van der Waals surface area contributed by atoms with Gasteiger partial charge < -0.3 is 5.32 Å². The first-order valence-corrected chi connectivity index (χ1v) is 8.75. The third kappa shape index (κ3) is 3.09. The third-order valence-corrected chi connectivity index (χ3v) is 4.73. The van der Waals surface area contributed by atoms with Gasteiger partial charge in [0.05, 0.1) is 16.3 Å². The normalized spacial score (nSPS) is 10.6. The number of hydrogen-bond donors (Lipinski definition) is 2. The molecule has 0 saturated carbocycles. The maximum absolute atomic E-state index is 12.6. The maximum atomic E-state index is 12.6. The molecule has 2 N–H and O–H groups in total. The maximum Gasteiger partial charge on any atom is 0.265 e. The van der Waals surface area contributed by atoms with E-state index in [-0.39, 0.29) is 5.91 Å². The van der Waals surface area contributed by atoms with Crippen LogP contribution in [0, 0.1) is 0 Å². The number of carbonyl (C=O) groups excluding carboxylic acids is 1. The summed E-state index contributed by atoms with van der Waals surface area (Å²) in [6.07, 6.45) is 0. The smallest absolute Gasteiger partial charge is 0.265 e. The molecule has 2 aromatic heterocycles. The number of rotatable bonds is 4. The minimum atomic E-state index is -0.134. The average Bonchev–Trinajstić information content (AvgIpc) is 3.33. The zero-order chi connectivity index (χ0) is 17.1. The van der Waals surface area contributed by atoms with Crippen LogP contribution in [0.2, 0.25) is 0 Å². The predicted molar refractivity (Wildman–Crippen MR) is 102 cm³/mol. The highest BCUT2D eigenvalue weighted by molar-refractivity contribution is 7.12. The number of H-pyrrole nitrogens is 1. The molecule has 4 nitrogen and oxygen atoms in total. The Morgan fingerprint density at radius 1 is 0.880 bits per heavy atom. The fourth-order valence-corrected chi connectivity index (χ4v) is 3.28. The Morgan fingerprint density at radius 3 is 2.20 bits per heavy atom. The van der Waals surface area contributed by atoms with Crippen LogP contribution in [-0.4, -0.2) is 16.1 Å². The summed E-state index contributed by atoms with van der Waals surface area (Å²) in [5.74, 6) is -0.134. The number of aromatic amines is 1. The summed E-state index contributed by atoms with van der Waals surface area (Å²) in [6, 6.07) is 23.4. The number of benzene rings is 2. The molecule has 0 aliphatic carbocycles. The van der Waals surface area contributed by atoms with E-state index in [4.69, 9.17) is 0 Å². The zero-order valence-corrected chi connectivity index (χ0v) is 14.1. The number of thiophene rings is 1. The van der Waals surface area contributed by atoms with Crippen LogP contribution >= 0.6 is 11.3 Å². The number of anilines is 1. The van der Waals surface area contributed by atoms with Crippen LogP contribution in [0.1, 0.15) is 9.67 Å². The van der Waals surface area contributed by atoms with Gasteiger partial charge in [-0.25, -0.2) is 0 Å². The fourth-order valence-electron chi connectivity index (χ4n) is 2.67. The predicted octanol–water partition coefficient (Wildman–Crippen LogP) is 5.06. The number of hydrogen-bond acceptors (Lipinski definition) is 3. The molecular formula is C20H15N3OS. The Hall–Kier alpha value is -3.18. The van der Waals surface area contributed by atoms with Gasteiger partial charge in [-0.3, -0.25) is 9.89 Å². The number of amides is 1. The van der Waals surface area contributed by atoms with Gasteiger partial charge in [0.1, 0.15) is 5.69 Å². The summed E-state index contributed by atoms with van der Waals surface area (Å²) in [7, 11) is 0. The second-order valence-corrected chi connectivity index (χ2v) is 6.43. The lowest BCUT2D eigenvalue weighted by Gasteiger charge is -2.08. The highest BCUT2D eigenvalue weighted by Gasteiger charge is 2.19. The molecule has 4 rings (SSSR count). The molecule has 2 aromatic carbocycles. The standard InChI is InChI=1S/C20H15N3OS/c24-20(16-12-7-13-25-16)21-19-17(14-8-3-1-4-9-14)22-23-18(19)15-10-5-2-6-11-15/h1-13H,(H,21,24)(H,22,23). The molecule has 0 spiro atoms. The zero-order valence-electron chi connectivity index (χ0n) is 13.3. The van der Waals surface area contributed by atoms with Gasteiger partial charge in [0.2, 0.25) is 0 Å². The van der Waals surface area contributed by atoms with Gasteiger partial charge in [-0.1, -0.05) is 66.7 Å². The van der Waals surface area contributed by atoms with Crippen molar-refractivity contribution in [2.75, 3.05) is 5.32 Å². The van der Waals surface area contributed by atoms with Gasteiger partial charge in [-0.05, 0) is 11.4 Å². The highest BCUT2D eigenvalue weighted by Crippen LogP contribution is 2.35. The lowest BCUT2D eigenvalue weighted by molar-refractivity contribution is 0.103. The van der Waals surface area contributed by atoms with Gasteiger partial charge >= 0.3 is 0 Å². The van der Waals surface area contributed by atoms with Crippen LogP contribution in [0.15, 0.2) is 78.2 Å². The van der Waals surface area contributed by atoms with Crippen LogP contribution in [0.3, 0.4) is 0 Å². The molecule has 5 heteroatoms. The monoisotopic (exact) mass is 345 g/mol. The van der Waals surface area contributed by atoms with Gasteiger partial charge in [-0.2, -0.15) is 5.10 Å². The van der Waals surface area contributed by atoms with Gasteiger partial charge in [0.25, 0.3) is 5.91 Å². The minimum Gasteiger partial charge on any atom is -0.318 e. The molecule has 4 aromatic rings. The Bertz CT molecular complexity index is 919. The van der Waals surface area contributed by atoms with Crippen molar-refractivity contribution in [3.8, 4) is 22.5 Å². The Morgan fingerprint density at radius 2 is 1.56 bits per heavy atom. The van der Waals surface area contributed by atoms with E-state index < -0.39 is 0 Å². The molecule has 0 bridgehead atoms. The van der Waals surface area contributed by atoms with Gasteiger partial charge in [0, 0.05) is 11.1 Å². The Balaban J connectivity index is 1.81. The van der Waals surface area contributed by atoms with Crippen molar-refractivity contribution in [1.82, 2.24) is 10.2 Å². The largest absolute Gasteiger partial charge is 0.318 e. The second-order valence-electron chi connectivity index (χ2n) is 5.49. The molecule has 122 valence electrons. The van der Waals surface area contributed by atoms with E-state index in [2.05, 4.69) is 15.5 Å². The summed E-state index contributed by atoms with van der Waals surface area (Å²) in [4.78, 5) is 13.3. The molecular weight excluding hydrogens is 330 g/mol. The molecule has 0 aliphatic heterocycles. The molecule has 0 atom stereocenters. The summed E-state index contributed by atoms with van der Waals surface area (Å²) < 4.78 is 0. The van der Waals surface area contributed by atoms with Crippen molar-refractivity contribution in [2.24, 2.45) is 0 Å². The van der Waals surface area contributed by atoms with Crippen molar-refractivity contribution >= 4 is 22.9 Å². The van der Waals surface area contributed by atoms with E-state index in [1.165, 1.54) is 11.3 Å². The molecule has 0 fully saturated rings. The van der Waals surface area contributed by atoms with Crippen molar-refractivity contribution in [3.63, 3.8) is 0 Å². The molecule has 2 heterocycles. The van der Waals surface area contributed by atoms with Crippen molar-refractivity contribution in [2.45, 2.75) is 0 Å². The second kappa shape index (κ2) is 6.75. The molecule has 0 aliphatic rings. The lowest BCUT2D eigenvalue weighted by atomic mass is 10.1. The number of carbonyl (C=O) groups is 1. The summed E-state index contributed by atoms with van der Waals surface area (Å²) in [6.45, 7) is 0. The minimum absolute atomic E-state index is 0.134. The Kier molecular flexibility index (Phi) is 4.14. The number of nitrogens with zero attached hydrogens (tertiary/aromatic N) is 1. The van der Waals surface area contributed by atoms with Crippen LogP contribution in [0.4, 0.5) is 5.69 Å². The van der Waals surface area contributed by atoms with Gasteiger partial charge in [0.15, 0.2) is 0 Å². The summed E-state index contributed by atoms with van der Waals surface area (Å²) >= 11 is 1.41. The van der Waals surface area contributed by atoms with E-state index in [0.29, 0.717) is 10.6 Å². The average molecular weight is 345 g/mol. The molecule has 0 saturated heterocycles. The van der Waals surface area contributed by atoms with E-state index in [0.717, 1.165) is 22.5 Å². The van der Waals surface area contributed by atoms with Crippen LogP contribution < -0.4 is 5.32 Å². The topological polar surface area (TPSA) is 57.8 Å². The summed E-state index contributed by atoms with van der Waals surface area (Å²) in [5, 5.41) is 12.5. The van der Waals surface area contributed by atoms with Crippen LogP contribution in [-0.2, 0) is 0 Å². The molecule has 0 radical (unpaired) electrons. The van der Waals surface area contributed by atoms with Crippen molar-refractivity contribution in [1.29, 1.82) is 0 Å². The summed E-state index contributed by atoms with van der Waals surface area (Å²) in [5.41, 5.74) is 4.13. The first-order chi connectivity index (χ1) is 12.3. The van der Waals surface area contributed by atoms with Crippen LogP contribution in [0.5, 0.6) is 0 Å². The molecule has 25 heavy (non-hydrogen) atoms. The first-order valence-electron chi connectivity index (χ1n) is 7.87. The van der Waals surface area contributed by atoms with Crippen LogP contribution in [0.25, 0.3) is 22.5 Å². The fraction of sp³-hybridized carbons (Fsp3) is 0. The Labute approximate surface area is 149 Å². The number of nitrogens with one attached hydrogen (secondary N) is 2. The van der Waals surface area contributed by atoms with Crippen molar-refractivity contribution in [3.05, 3.63) is 83.1 Å². The number of aromatic nitrogens is 2. The SMILES string of the molecule is O=C(Nc1c(-c2ccccc2)n[nH]c1-c1ccccc1)c1cccs1. The first kappa shape index (κ1) is 15.4. The van der Waals surface area contributed by atoms with Gasteiger partial charge in [-0.15, -0.1) is 11.3 Å². The van der Waals surface area contributed by atoms with E-state index in [9.17, 15) is 4.79 Å². The lowest BCUT2D eigenvalue weighted by Crippen LogP contribution is -2.11. The third-order valence-electron chi connectivity index (χ3n) is 3.86. The van der Waals surface area contributed by atoms with Crippen molar-refractivity contribution < 1.29 is 4.79 Å². The highest BCUT2D eigenvalue weighted by atomic mass is 32.1. The quantitative estimate of drug-likeness (QED) is 0.543. The molecule has 0 unspecified atom stereocenters. The van der Waals surface area contributed by atoms with E-state index in [1.54, 1.807) is 0 Å². The molecule has 1 amide bonds.